The van der Waals surface area contributed by atoms with Gasteiger partial charge in [0, 0.05) is 34.8 Å². The Morgan fingerprint density at radius 2 is 2.00 bits per heavy atom. The Morgan fingerprint density at radius 3 is 2.68 bits per heavy atom. The molecule has 8 heteroatoms. The average Bonchev–Trinajstić information content (AvgIpc) is 2.56. The maximum atomic E-state index is 14.3. The van der Waals surface area contributed by atoms with E-state index < -0.39 is 22.1 Å². The number of benzene rings is 2. The van der Waals surface area contributed by atoms with Gasteiger partial charge in [0.2, 0.25) is 5.82 Å². The van der Waals surface area contributed by atoms with Crippen molar-refractivity contribution >= 4 is 32.6 Å². The molecule has 6 nitrogen and oxygen atoms in total. The molecular formula is C17H11BrFNO5. The molecule has 3 rings (SSSR count). The lowest BCUT2D eigenvalue weighted by Gasteiger charge is -2.10. The summed E-state index contributed by atoms with van der Waals surface area (Å²) in [6.07, 6.45) is -0.145. The Balaban J connectivity index is 2.19. The van der Waals surface area contributed by atoms with Crippen LogP contribution in [0.3, 0.4) is 0 Å². The van der Waals surface area contributed by atoms with Gasteiger partial charge in [-0.05, 0) is 23.3 Å². The van der Waals surface area contributed by atoms with Crippen LogP contribution >= 0.6 is 15.9 Å². The van der Waals surface area contributed by atoms with Gasteiger partial charge in [-0.3, -0.25) is 10.1 Å². The van der Waals surface area contributed by atoms with Crippen LogP contribution in [0.1, 0.15) is 16.7 Å². The topological polar surface area (TPSA) is 93.6 Å². The second-order valence-corrected chi connectivity index (χ2v) is 5.91. The van der Waals surface area contributed by atoms with Crippen molar-refractivity contribution in [3.8, 4) is 5.75 Å². The van der Waals surface area contributed by atoms with E-state index in [1.165, 1.54) is 24.3 Å². The second kappa shape index (κ2) is 6.64. The van der Waals surface area contributed by atoms with E-state index in [9.17, 15) is 24.4 Å². The lowest BCUT2D eigenvalue weighted by molar-refractivity contribution is -0.387. The molecule has 2 aromatic carbocycles. The highest BCUT2D eigenvalue weighted by atomic mass is 79.9. The van der Waals surface area contributed by atoms with Crippen LogP contribution in [-0.4, -0.2) is 10.0 Å². The van der Waals surface area contributed by atoms with E-state index in [1.54, 1.807) is 6.07 Å². The fraction of sp³-hybridized carbons (Fsp3) is 0.118. The summed E-state index contributed by atoms with van der Waals surface area (Å²) < 4.78 is 19.5. The Morgan fingerprint density at radius 1 is 1.24 bits per heavy atom. The molecule has 3 aromatic rings. The zero-order valence-electron chi connectivity index (χ0n) is 12.7. The maximum Gasteiger partial charge on any atom is 0.340 e. The van der Waals surface area contributed by atoms with E-state index in [2.05, 4.69) is 15.9 Å². The lowest BCUT2D eigenvalue weighted by atomic mass is 9.99. The number of nitrogens with zero attached hydrogens (tertiary/aromatic N) is 1. The molecule has 128 valence electrons. The van der Waals surface area contributed by atoms with Crippen LogP contribution < -0.4 is 5.63 Å². The number of rotatable bonds is 4. The molecule has 0 amide bonds. The highest BCUT2D eigenvalue weighted by Crippen LogP contribution is 2.28. The first-order valence-corrected chi connectivity index (χ1v) is 8.30. The first kappa shape index (κ1) is 17.1. The third kappa shape index (κ3) is 3.12. The number of fused-ring (bicyclic) bond motifs is 1. The van der Waals surface area contributed by atoms with Crippen molar-refractivity contribution < 1.29 is 18.8 Å². The number of halogens is 2. The molecule has 0 saturated heterocycles. The van der Waals surface area contributed by atoms with Crippen molar-refractivity contribution in [3.63, 3.8) is 0 Å². The van der Waals surface area contributed by atoms with Gasteiger partial charge < -0.3 is 9.52 Å². The highest BCUT2D eigenvalue weighted by Gasteiger charge is 2.21. The molecule has 25 heavy (non-hydrogen) atoms. The molecule has 1 aromatic heterocycles. The maximum absolute atomic E-state index is 14.3. The normalized spacial score (nSPS) is 11.0. The van der Waals surface area contributed by atoms with Gasteiger partial charge in [-0.25, -0.2) is 4.79 Å². The number of nitro benzene ring substituents is 1. The van der Waals surface area contributed by atoms with E-state index in [0.29, 0.717) is 16.3 Å². The van der Waals surface area contributed by atoms with Crippen molar-refractivity contribution in [2.24, 2.45) is 0 Å². The van der Waals surface area contributed by atoms with E-state index in [0.717, 1.165) is 6.07 Å². The molecule has 0 aliphatic rings. The Bertz CT molecular complexity index is 1050. The largest absolute Gasteiger partial charge is 0.508 e. The Labute approximate surface area is 148 Å². The molecule has 1 heterocycles. The van der Waals surface area contributed by atoms with Gasteiger partial charge in [0.1, 0.15) is 11.3 Å². The van der Waals surface area contributed by atoms with E-state index in [-0.39, 0.29) is 28.9 Å². The lowest BCUT2D eigenvalue weighted by Crippen LogP contribution is -2.13. The van der Waals surface area contributed by atoms with Gasteiger partial charge in [0.15, 0.2) is 0 Å². The number of alkyl halides is 1. The minimum Gasteiger partial charge on any atom is -0.508 e. The quantitative estimate of drug-likeness (QED) is 0.305. The van der Waals surface area contributed by atoms with Crippen LogP contribution in [0, 0.1) is 15.9 Å². The first-order valence-electron chi connectivity index (χ1n) is 7.17. The molecule has 0 radical (unpaired) electrons. The van der Waals surface area contributed by atoms with Crippen LogP contribution in [0.4, 0.5) is 10.1 Å². The summed E-state index contributed by atoms with van der Waals surface area (Å²) in [6.45, 7) is 0. The van der Waals surface area contributed by atoms with Crippen LogP contribution in [0.15, 0.2) is 45.6 Å². The van der Waals surface area contributed by atoms with Gasteiger partial charge in [-0.1, -0.05) is 28.1 Å². The minimum absolute atomic E-state index is 0.0295. The Hall–Kier alpha value is -2.74. The molecule has 0 fully saturated rings. The fourth-order valence-corrected chi connectivity index (χ4v) is 3.30. The van der Waals surface area contributed by atoms with Crippen molar-refractivity contribution in [1.29, 1.82) is 0 Å². The van der Waals surface area contributed by atoms with Gasteiger partial charge in [-0.15, -0.1) is 0 Å². The van der Waals surface area contributed by atoms with E-state index in [4.69, 9.17) is 4.42 Å². The smallest absolute Gasteiger partial charge is 0.340 e. The summed E-state index contributed by atoms with van der Waals surface area (Å²) in [6, 6.07) is 8.19. The van der Waals surface area contributed by atoms with Crippen LogP contribution in [0.2, 0.25) is 0 Å². The summed E-state index contributed by atoms with van der Waals surface area (Å²) in [5, 5.41) is 21.3. The predicted octanol–water partition coefficient (Wildman–Crippen LogP) is 4.03. The molecule has 0 aliphatic carbocycles. The predicted molar refractivity (Wildman–Crippen MR) is 92.6 cm³/mol. The Kier molecular flexibility index (Phi) is 4.54. The number of aromatic hydroxyl groups is 1. The summed E-state index contributed by atoms with van der Waals surface area (Å²) >= 11 is 3.31. The average molecular weight is 408 g/mol. The highest BCUT2D eigenvalue weighted by molar-refractivity contribution is 9.08. The molecule has 1 N–H and O–H groups in total. The summed E-state index contributed by atoms with van der Waals surface area (Å²) in [7, 11) is 0. The third-order valence-electron chi connectivity index (χ3n) is 3.86. The zero-order valence-corrected chi connectivity index (χ0v) is 14.2. The molecule has 0 saturated carbocycles. The van der Waals surface area contributed by atoms with Crippen LogP contribution in [-0.2, 0) is 11.8 Å². The SMILES string of the molecule is O=c1oc2cc(O)ccc2c(CBr)c1Cc1cccc([N+](=O)[O-])c1F. The second-order valence-electron chi connectivity index (χ2n) is 5.34. The van der Waals surface area contributed by atoms with Crippen molar-refractivity contribution in [1.82, 2.24) is 0 Å². The van der Waals surface area contributed by atoms with Crippen molar-refractivity contribution in [2.75, 3.05) is 0 Å². The number of phenols is 1. The summed E-state index contributed by atoms with van der Waals surface area (Å²) in [4.78, 5) is 22.4. The van der Waals surface area contributed by atoms with Gasteiger partial charge in [-0.2, -0.15) is 4.39 Å². The number of hydrogen-bond donors (Lipinski definition) is 1. The molecule has 0 aliphatic heterocycles. The zero-order chi connectivity index (χ0) is 18.1. The van der Waals surface area contributed by atoms with Crippen molar-refractivity contribution in [3.05, 3.63) is 79.4 Å². The summed E-state index contributed by atoms with van der Waals surface area (Å²) in [5.74, 6) is -1.02. The molecule has 0 bridgehead atoms. The molecule has 0 atom stereocenters. The molecule has 0 spiro atoms. The van der Waals surface area contributed by atoms with Gasteiger partial charge in [0.25, 0.3) is 0 Å². The van der Waals surface area contributed by atoms with E-state index in [1.807, 2.05) is 0 Å². The van der Waals surface area contributed by atoms with Crippen LogP contribution in [0.25, 0.3) is 11.0 Å². The standard InChI is InChI=1S/C17H11BrFNO5/c18-8-13-11-5-4-10(21)7-15(11)25-17(22)12(13)6-9-2-1-3-14(16(9)19)20(23)24/h1-5,7,21H,6,8H2. The van der Waals surface area contributed by atoms with Gasteiger partial charge in [0.05, 0.1) is 4.92 Å². The van der Waals surface area contributed by atoms with Crippen LogP contribution in [0.5, 0.6) is 5.75 Å². The molecular weight excluding hydrogens is 397 g/mol. The van der Waals surface area contributed by atoms with E-state index >= 15 is 0 Å². The minimum atomic E-state index is -0.974. The first-order chi connectivity index (χ1) is 11.9. The fourth-order valence-electron chi connectivity index (χ4n) is 2.66. The number of hydrogen-bond acceptors (Lipinski definition) is 5. The number of phenolic OH excluding ortho intramolecular Hbond substituents is 1. The monoisotopic (exact) mass is 407 g/mol. The molecule has 0 unspecified atom stereocenters. The van der Waals surface area contributed by atoms with Gasteiger partial charge >= 0.3 is 11.3 Å². The summed E-state index contributed by atoms with van der Waals surface area (Å²) in [5.41, 5.74) is -0.303. The van der Waals surface area contributed by atoms with Crippen molar-refractivity contribution in [2.45, 2.75) is 11.8 Å². The third-order valence-corrected chi connectivity index (χ3v) is 4.42. The number of nitro groups is 1.